The molecule has 1 fully saturated rings. The van der Waals surface area contributed by atoms with Gasteiger partial charge in [0, 0.05) is 67.3 Å². The standard InChI is InChI=1S/C40H37F7N10O3S2/c1-4-55-10-12-56(13-11-55)38-50-37-29(61-38)18-26(23-6-5-7-25-33(23)54(2)52-36(25)53-62(3,59)60)32(49-37)28(16-20-14-21(41)17-22(42)15-20)48-30(58)19-57-35-31(34(51-57)40(45,46)47)24-8-9-27(24)39(35,43)44/h5-9,14-15,17-18,24,27-28H,4,10-13,16,19H2,1-3H3,(H,48,58)(H,52,53)/t24-,27+,28-/m0/s1. The summed E-state index contributed by atoms with van der Waals surface area (Å²) in [6.07, 6.45) is -2.08. The molecule has 3 atom stereocenters. The highest BCUT2D eigenvalue weighted by molar-refractivity contribution is 7.92. The lowest BCUT2D eigenvalue weighted by atomic mass is 9.81. The molecule has 13 nitrogen and oxygen atoms in total. The lowest BCUT2D eigenvalue weighted by Crippen LogP contribution is -2.46. The van der Waals surface area contributed by atoms with Crippen LogP contribution in [0.15, 0.2) is 54.6 Å². The summed E-state index contributed by atoms with van der Waals surface area (Å²) in [6.45, 7) is 4.87. The van der Waals surface area contributed by atoms with E-state index in [1.165, 1.54) is 22.1 Å². The Morgan fingerprint density at radius 1 is 1.00 bits per heavy atom. The summed E-state index contributed by atoms with van der Waals surface area (Å²) < 4.78 is 133. The number of carbonyl (C=O) groups excluding carboxylic acids is 1. The third-order valence-corrected chi connectivity index (χ3v) is 13.1. The number of hydrogen-bond acceptors (Lipinski definition) is 10. The van der Waals surface area contributed by atoms with Gasteiger partial charge in [-0.3, -0.25) is 18.9 Å². The van der Waals surface area contributed by atoms with Crippen molar-refractivity contribution in [3.63, 3.8) is 0 Å². The minimum absolute atomic E-state index is 0.0271. The number of thiazole rings is 1. The number of benzene rings is 2. The highest BCUT2D eigenvalue weighted by Gasteiger charge is 2.61. The normalized spacial score (nSPS) is 19.2. The van der Waals surface area contributed by atoms with Crippen molar-refractivity contribution in [2.24, 2.45) is 13.0 Å². The van der Waals surface area contributed by atoms with Gasteiger partial charge < -0.3 is 15.1 Å². The Labute approximate surface area is 353 Å². The van der Waals surface area contributed by atoms with Crippen molar-refractivity contribution in [2.45, 2.75) is 43.9 Å². The summed E-state index contributed by atoms with van der Waals surface area (Å²) in [5.41, 5.74) is -1.56. The van der Waals surface area contributed by atoms with Gasteiger partial charge in [-0.05, 0) is 42.8 Å². The Balaban J connectivity index is 1.19. The van der Waals surface area contributed by atoms with E-state index in [-0.39, 0.29) is 29.1 Å². The van der Waals surface area contributed by atoms with Gasteiger partial charge in [0.15, 0.2) is 22.3 Å². The Bertz CT molecular complexity index is 2900. The highest BCUT2D eigenvalue weighted by Crippen LogP contribution is 2.60. The lowest BCUT2D eigenvalue weighted by Gasteiger charge is -2.33. The van der Waals surface area contributed by atoms with Crippen LogP contribution in [0.5, 0.6) is 0 Å². The highest BCUT2D eigenvalue weighted by atomic mass is 32.2. The summed E-state index contributed by atoms with van der Waals surface area (Å²) >= 11 is 1.36. The summed E-state index contributed by atoms with van der Waals surface area (Å²) in [5.74, 6) is -9.40. The number of piperazine rings is 1. The average molecular weight is 903 g/mol. The van der Waals surface area contributed by atoms with Crippen LogP contribution < -0.4 is 14.9 Å². The topological polar surface area (TPSA) is 143 Å². The van der Waals surface area contributed by atoms with Crippen LogP contribution in [0.3, 0.4) is 0 Å². The molecule has 0 bridgehead atoms. The van der Waals surface area contributed by atoms with Crippen molar-refractivity contribution < 1.29 is 43.9 Å². The molecule has 62 heavy (non-hydrogen) atoms. The molecule has 22 heteroatoms. The number of para-hydroxylation sites is 1. The van der Waals surface area contributed by atoms with E-state index in [9.17, 15) is 35.2 Å². The first-order valence-corrected chi connectivity index (χ1v) is 22.2. The van der Waals surface area contributed by atoms with Crippen molar-refractivity contribution in [2.75, 3.05) is 48.6 Å². The molecule has 2 N–H and O–H groups in total. The van der Waals surface area contributed by atoms with E-state index in [0.29, 0.717) is 55.7 Å². The molecule has 2 aliphatic carbocycles. The SMILES string of the molecule is CCN1CCN(c2nc3nc([C@H](Cc4cc(F)cc(F)c4)NC(=O)Cn4nc(C(F)(F)F)c5c4C(F)(F)[C@@H]4C=C[C@H]54)c(-c4cccc5c(NS(C)(=O)=O)nn(C)c45)cc3s2)CC1. The molecule has 3 aliphatic rings. The average Bonchev–Trinajstić information content (AvgIpc) is 3.88. The number of pyridine rings is 1. The second kappa shape index (κ2) is 15.0. The fourth-order valence-electron chi connectivity index (χ4n) is 8.68. The monoisotopic (exact) mass is 902 g/mol. The van der Waals surface area contributed by atoms with Crippen molar-refractivity contribution in [3.05, 3.63) is 94.5 Å². The van der Waals surface area contributed by atoms with Crippen LogP contribution in [0.25, 0.3) is 32.4 Å². The van der Waals surface area contributed by atoms with Gasteiger partial charge in [-0.2, -0.15) is 37.1 Å². The first-order valence-electron chi connectivity index (χ1n) is 19.5. The van der Waals surface area contributed by atoms with Crippen LogP contribution in [0.4, 0.5) is 41.7 Å². The molecule has 6 aromatic rings. The number of fused-ring (bicyclic) bond motifs is 5. The number of amides is 1. The molecule has 0 saturated carbocycles. The molecule has 1 saturated heterocycles. The molecule has 4 aromatic heterocycles. The molecule has 326 valence electrons. The Kier molecular flexibility index (Phi) is 10.1. The van der Waals surface area contributed by atoms with Gasteiger partial charge in [-0.1, -0.05) is 42.5 Å². The van der Waals surface area contributed by atoms with E-state index in [4.69, 9.17) is 9.97 Å². The van der Waals surface area contributed by atoms with Gasteiger partial charge in [0.2, 0.25) is 15.9 Å². The third kappa shape index (κ3) is 7.44. The predicted molar refractivity (Wildman–Crippen MR) is 217 cm³/mol. The number of halogens is 7. The maximum atomic E-state index is 15.7. The molecule has 0 unspecified atom stereocenters. The van der Waals surface area contributed by atoms with E-state index in [1.54, 1.807) is 31.3 Å². The number of likely N-dealkylation sites (N-methyl/N-ethyl adjacent to an activating group) is 1. The fourth-order valence-corrected chi connectivity index (χ4v) is 10.2. The Morgan fingerprint density at radius 3 is 2.37 bits per heavy atom. The number of carbonyl (C=O) groups is 1. The molecular formula is C40H37F7N10O3S2. The molecule has 9 rings (SSSR count). The van der Waals surface area contributed by atoms with Gasteiger partial charge >= 0.3 is 6.18 Å². The van der Waals surface area contributed by atoms with Gasteiger partial charge in [0.25, 0.3) is 5.92 Å². The number of aromatic nitrogens is 6. The Morgan fingerprint density at radius 2 is 1.73 bits per heavy atom. The number of anilines is 2. The smallest absolute Gasteiger partial charge is 0.346 e. The van der Waals surface area contributed by atoms with Crippen molar-refractivity contribution >= 4 is 59.5 Å². The Hall–Kier alpha value is -5.61. The number of aryl methyl sites for hydroxylation is 1. The zero-order valence-electron chi connectivity index (χ0n) is 33.1. The van der Waals surface area contributed by atoms with Crippen molar-refractivity contribution in [1.29, 1.82) is 0 Å². The number of rotatable bonds is 11. The van der Waals surface area contributed by atoms with Crippen molar-refractivity contribution in [1.82, 2.24) is 39.7 Å². The van der Waals surface area contributed by atoms with Crippen LogP contribution in [0.2, 0.25) is 0 Å². The predicted octanol–water partition coefficient (Wildman–Crippen LogP) is 6.73. The number of alkyl halides is 5. The molecular weight excluding hydrogens is 866 g/mol. The molecule has 2 aromatic carbocycles. The van der Waals surface area contributed by atoms with E-state index in [2.05, 4.69) is 37.0 Å². The minimum Gasteiger partial charge on any atom is -0.346 e. The van der Waals surface area contributed by atoms with Crippen LogP contribution in [-0.4, -0.2) is 87.7 Å². The van der Waals surface area contributed by atoms with Gasteiger partial charge in [0.05, 0.1) is 34.1 Å². The zero-order chi connectivity index (χ0) is 44.0. The second-order valence-corrected chi connectivity index (χ2v) is 18.4. The summed E-state index contributed by atoms with van der Waals surface area (Å²) in [5, 5.41) is 11.7. The van der Waals surface area contributed by atoms with Gasteiger partial charge in [-0.25, -0.2) is 22.2 Å². The maximum absolute atomic E-state index is 15.7. The van der Waals surface area contributed by atoms with E-state index in [0.717, 1.165) is 44.1 Å². The largest absolute Gasteiger partial charge is 0.435 e. The lowest BCUT2D eigenvalue weighted by molar-refractivity contribution is -0.142. The first-order chi connectivity index (χ1) is 29.3. The minimum atomic E-state index is -5.10. The number of allylic oxidation sites excluding steroid dienone is 2. The molecule has 0 radical (unpaired) electrons. The summed E-state index contributed by atoms with van der Waals surface area (Å²) in [7, 11) is -2.19. The molecule has 5 heterocycles. The third-order valence-electron chi connectivity index (χ3n) is 11.5. The van der Waals surface area contributed by atoms with E-state index in [1.807, 2.05) is 0 Å². The van der Waals surface area contributed by atoms with Crippen LogP contribution in [0.1, 0.15) is 47.1 Å². The first kappa shape index (κ1) is 41.7. The van der Waals surface area contributed by atoms with Crippen LogP contribution in [0, 0.1) is 17.6 Å². The molecule has 1 amide bonds. The second-order valence-electron chi connectivity index (χ2n) is 15.6. The number of nitrogens with one attached hydrogen (secondary N) is 2. The number of sulfonamides is 1. The fraction of sp³-hybridized carbons (Fsp3) is 0.375. The number of nitrogens with zero attached hydrogens (tertiary/aromatic N) is 8. The molecule has 0 spiro atoms. The van der Waals surface area contributed by atoms with Crippen LogP contribution in [-0.2, 0) is 46.9 Å². The number of hydrogen-bond donors (Lipinski definition) is 2. The maximum Gasteiger partial charge on any atom is 0.435 e. The summed E-state index contributed by atoms with van der Waals surface area (Å²) in [4.78, 5) is 28.4. The van der Waals surface area contributed by atoms with E-state index >= 15 is 8.78 Å². The van der Waals surface area contributed by atoms with Gasteiger partial charge in [-0.15, -0.1) is 0 Å². The quantitative estimate of drug-likeness (QED) is 0.107. The van der Waals surface area contributed by atoms with Crippen LogP contribution >= 0.6 is 11.3 Å². The summed E-state index contributed by atoms with van der Waals surface area (Å²) in [6, 6.07) is 8.22. The van der Waals surface area contributed by atoms with Crippen molar-refractivity contribution in [3.8, 4) is 11.1 Å². The van der Waals surface area contributed by atoms with E-state index < -0.39 is 81.0 Å². The van der Waals surface area contributed by atoms with Gasteiger partial charge in [0.1, 0.15) is 23.9 Å². The molecule has 1 aliphatic heterocycles. The zero-order valence-corrected chi connectivity index (χ0v) is 34.8.